The van der Waals surface area contributed by atoms with Crippen molar-refractivity contribution in [1.82, 2.24) is 15.5 Å². The lowest BCUT2D eigenvalue weighted by Crippen LogP contribution is -2.45. The first-order valence-corrected chi connectivity index (χ1v) is 9.59. The third kappa shape index (κ3) is 5.64. The van der Waals surface area contributed by atoms with Crippen LogP contribution in [0.25, 0.3) is 0 Å². The van der Waals surface area contributed by atoms with Crippen molar-refractivity contribution >= 4 is 34.2 Å². The predicted octanol–water partition coefficient (Wildman–Crippen LogP) is 3.09. The average Bonchev–Trinajstić information content (AvgIpc) is 3.11. The van der Waals surface area contributed by atoms with Gasteiger partial charge < -0.3 is 10.6 Å². The van der Waals surface area contributed by atoms with Gasteiger partial charge in [-0.05, 0) is 56.8 Å². The summed E-state index contributed by atoms with van der Waals surface area (Å²) >= 11 is 3.45. The molecular weight excluding hydrogens is 409 g/mol. The number of nitrogens with zero attached hydrogens (tertiary/aromatic N) is 1. The summed E-state index contributed by atoms with van der Waals surface area (Å²) in [6.07, 6.45) is 4.22. The second-order valence-electron chi connectivity index (χ2n) is 6.84. The number of piperidine rings is 1. The minimum absolute atomic E-state index is 0. The zero-order chi connectivity index (χ0) is 16.9. The molecule has 2 N–H and O–H groups in total. The van der Waals surface area contributed by atoms with Crippen LogP contribution in [0.4, 0.5) is 4.39 Å². The van der Waals surface area contributed by atoms with E-state index in [1.807, 2.05) is 6.07 Å². The average molecular weight is 435 g/mol. The minimum atomic E-state index is -0.160. The number of hydrogen-bond donors (Lipinski definition) is 2. The van der Waals surface area contributed by atoms with E-state index in [1.165, 1.54) is 6.07 Å². The standard InChI is InChI=1S/C18H25BrFN3O.ClH/c19-15-5-1-6-16(20)14(15)12-23-9-3-4-13(11-23)10-22-18(24)17-7-2-8-21-17;/h1,5-6,13,17,21H,2-4,7-12H2,(H,22,24);1H. The number of carbonyl (C=O) groups excluding carboxylic acids is 1. The normalized spacial score (nSPS) is 23.9. The molecule has 2 atom stereocenters. The summed E-state index contributed by atoms with van der Waals surface area (Å²) in [5, 5.41) is 6.32. The van der Waals surface area contributed by atoms with Gasteiger partial charge >= 0.3 is 0 Å². The number of hydrogen-bond acceptors (Lipinski definition) is 3. The Balaban J connectivity index is 0.00000225. The molecule has 3 rings (SSSR count). The van der Waals surface area contributed by atoms with Crippen LogP contribution >= 0.6 is 28.3 Å². The predicted molar refractivity (Wildman–Crippen MR) is 103 cm³/mol. The van der Waals surface area contributed by atoms with E-state index in [9.17, 15) is 9.18 Å². The lowest BCUT2D eigenvalue weighted by molar-refractivity contribution is -0.123. The lowest BCUT2D eigenvalue weighted by atomic mass is 9.97. The van der Waals surface area contributed by atoms with Gasteiger partial charge in [-0.1, -0.05) is 22.0 Å². The van der Waals surface area contributed by atoms with Gasteiger partial charge in [0, 0.05) is 29.7 Å². The van der Waals surface area contributed by atoms with Crippen LogP contribution in [0.5, 0.6) is 0 Å². The SMILES string of the molecule is Cl.O=C(NCC1CCCN(Cc2c(F)cccc2Br)C1)C1CCCN1. The van der Waals surface area contributed by atoms with Gasteiger partial charge in [0.25, 0.3) is 0 Å². The van der Waals surface area contributed by atoms with Gasteiger partial charge in [-0.2, -0.15) is 0 Å². The van der Waals surface area contributed by atoms with E-state index in [-0.39, 0.29) is 30.2 Å². The van der Waals surface area contributed by atoms with Crippen molar-refractivity contribution < 1.29 is 9.18 Å². The van der Waals surface area contributed by atoms with Crippen LogP contribution in [-0.4, -0.2) is 43.0 Å². The monoisotopic (exact) mass is 433 g/mol. The molecule has 1 aromatic carbocycles. The molecule has 0 saturated carbocycles. The summed E-state index contributed by atoms with van der Waals surface area (Å²) in [5.41, 5.74) is 0.720. The summed E-state index contributed by atoms with van der Waals surface area (Å²) in [6.45, 7) is 4.15. The van der Waals surface area contributed by atoms with E-state index >= 15 is 0 Å². The number of amides is 1. The first-order valence-electron chi connectivity index (χ1n) is 8.80. The molecule has 7 heteroatoms. The summed E-state index contributed by atoms with van der Waals surface area (Å²) in [5.74, 6) is 0.406. The molecule has 0 aromatic heterocycles. The van der Waals surface area contributed by atoms with Gasteiger partial charge in [0.15, 0.2) is 0 Å². The van der Waals surface area contributed by atoms with Crippen molar-refractivity contribution in [3.8, 4) is 0 Å². The molecule has 2 heterocycles. The molecule has 1 aromatic rings. The van der Waals surface area contributed by atoms with Gasteiger partial charge in [0.2, 0.25) is 5.91 Å². The quantitative estimate of drug-likeness (QED) is 0.748. The molecule has 4 nitrogen and oxygen atoms in total. The molecule has 1 amide bonds. The number of halogens is 3. The van der Waals surface area contributed by atoms with Gasteiger partial charge in [-0.15, -0.1) is 12.4 Å². The van der Waals surface area contributed by atoms with Gasteiger partial charge in [0.1, 0.15) is 5.82 Å². The molecule has 0 bridgehead atoms. The Morgan fingerprint density at radius 2 is 2.20 bits per heavy atom. The molecule has 2 aliphatic rings. The Kier molecular flexibility index (Phi) is 8.13. The molecule has 0 radical (unpaired) electrons. The molecule has 140 valence electrons. The van der Waals surface area contributed by atoms with Crippen LogP contribution in [0.15, 0.2) is 22.7 Å². The van der Waals surface area contributed by atoms with Crippen molar-refractivity contribution in [2.45, 2.75) is 38.3 Å². The zero-order valence-corrected chi connectivity index (χ0v) is 16.7. The molecule has 0 spiro atoms. The summed E-state index contributed by atoms with van der Waals surface area (Å²) in [7, 11) is 0. The highest BCUT2D eigenvalue weighted by Gasteiger charge is 2.25. The Morgan fingerprint density at radius 1 is 1.36 bits per heavy atom. The first kappa shape index (κ1) is 20.6. The summed E-state index contributed by atoms with van der Waals surface area (Å²) < 4.78 is 14.8. The fourth-order valence-corrected chi connectivity index (χ4v) is 4.11. The van der Waals surface area contributed by atoms with Gasteiger partial charge in [0.05, 0.1) is 6.04 Å². The third-order valence-corrected chi connectivity index (χ3v) is 5.73. The summed E-state index contributed by atoms with van der Waals surface area (Å²) in [4.78, 5) is 14.4. The number of nitrogens with one attached hydrogen (secondary N) is 2. The highest BCUT2D eigenvalue weighted by molar-refractivity contribution is 9.10. The van der Waals surface area contributed by atoms with Crippen LogP contribution in [0.1, 0.15) is 31.2 Å². The fourth-order valence-electron chi connectivity index (χ4n) is 3.64. The smallest absolute Gasteiger partial charge is 0.237 e. The van der Waals surface area contributed by atoms with Crippen molar-refractivity contribution in [3.05, 3.63) is 34.1 Å². The fraction of sp³-hybridized carbons (Fsp3) is 0.611. The van der Waals surface area contributed by atoms with Crippen molar-refractivity contribution in [2.75, 3.05) is 26.2 Å². The van der Waals surface area contributed by atoms with E-state index in [0.717, 1.165) is 55.4 Å². The molecule has 0 aliphatic carbocycles. The summed E-state index contributed by atoms with van der Waals surface area (Å²) in [6, 6.07) is 5.10. The highest BCUT2D eigenvalue weighted by Crippen LogP contribution is 2.24. The molecule has 2 unspecified atom stereocenters. The minimum Gasteiger partial charge on any atom is -0.354 e. The highest BCUT2D eigenvalue weighted by atomic mass is 79.9. The van der Waals surface area contributed by atoms with E-state index in [2.05, 4.69) is 31.5 Å². The second-order valence-corrected chi connectivity index (χ2v) is 7.69. The van der Waals surface area contributed by atoms with Crippen LogP contribution in [-0.2, 0) is 11.3 Å². The Morgan fingerprint density at radius 3 is 2.92 bits per heavy atom. The van der Waals surface area contributed by atoms with Crippen molar-refractivity contribution in [2.24, 2.45) is 5.92 Å². The lowest BCUT2D eigenvalue weighted by Gasteiger charge is -2.33. The number of benzene rings is 1. The van der Waals surface area contributed by atoms with Crippen LogP contribution in [0.3, 0.4) is 0 Å². The largest absolute Gasteiger partial charge is 0.354 e. The maximum atomic E-state index is 14.0. The van der Waals surface area contributed by atoms with Gasteiger partial charge in [-0.3, -0.25) is 9.69 Å². The van der Waals surface area contributed by atoms with Crippen LogP contribution in [0.2, 0.25) is 0 Å². The van der Waals surface area contributed by atoms with Crippen LogP contribution < -0.4 is 10.6 Å². The van der Waals surface area contributed by atoms with Crippen molar-refractivity contribution in [1.29, 1.82) is 0 Å². The molecule has 25 heavy (non-hydrogen) atoms. The van der Waals surface area contributed by atoms with Gasteiger partial charge in [-0.25, -0.2) is 4.39 Å². The Hall–Kier alpha value is -0.690. The van der Waals surface area contributed by atoms with E-state index in [0.29, 0.717) is 19.0 Å². The molecule has 2 fully saturated rings. The van der Waals surface area contributed by atoms with E-state index in [4.69, 9.17) is 0 Å². The molecule has 2 saturated heterocycles. The number of carbonyl (C=O) groups is 1. The number of rotatable bonds is 5. The topological polar surface area (TPSA) is 44.4 Å². The first-order chi connectivity index (χ1) is 11.6. The van der Waals surface area contributed by atoms with E-state index in [1.54, 1.807) is 6.07 Å². The Labute approximate surface area is 163 Å². The maximum Gasteiger partial charge on any atom is 0.237 e. The van der Waals surface area contributed by atoms with Crippen molar-refractivity contribution in [3.63, 3.8) is 0 Å². The Bertz CT molecular complexity index is 563. The molecular formula is C18H26BrClFN3O. The van der Waals surface area contributed by atoms with E-state index < -0.39 is 0 Å². The van der Waals surface area contributed by atoms with Crippen LogP contribution in [0, 0.1) is 11.7 Å². The number of likely N-dealkylation sites (tertiary alicyclic amines) is 1. The third-order valence-electron chi connectivity index (χ3n) is 4.99. The maximum absolute atomic E-state index is 14.0. The zero-order valence-electron chi connectivity index (χ0n) is 14.3. The second kappa shape index (κ2) is 9.86. The molecule has 2 aliphatic heterocycles.